The minimum Gasteiger partial charge on any atom is -0.355 e. The van der Waals surface area contributed by atoms with Gasteiger partial charge in [0.25, 0.3) is 0 Å². The Labute approximate surface area is 160 Å². The first kappa shape index (κ1) is 20.0. The van der Waals surface area contributed by atoms with Gasteiger partial charge in [-0.2, -0.15) is 0 Å². The third-order valence-corrected chi connectivity index (χ3v) is 4.66. The molecule has 0 aliphatic heterocycles. The van der Waals surface area contributed by atoms with Gasteiger partial charge in [-0.1, -0.05) is 59.6 Å². The first-order chi connectivity index (χ1) is 12.4. The Morgan fingerprint density at radius 1 is 1.12 bits per heavy atom. The second kappa shape index (κ2) is 9.39. The van der Waals surface area contributed by atoms with Gasteiger partial charge in [-0.05, 0) is 38.0 Å². The number of carbonyl (C=O) groups is 2. The monoisotopic (exact) mass is 372 g/mol. The third kappa shape index (κ3) is 5.33. The van der Waals surface area contributed by atoms with E-state index in [0.717, 1.165) is 16.7 Å². The fourth-order valence-corrected chi connectivity index (χ4v) is 2.90. The first-order valence-corrected chi connectivity index (χ1v) is 9.16. The fourth-order valence-electron chi connectivity index (χ4n) is 2.70. The molecule has 0 aliphatic rings. The number of nitrogens with zero attached hydrogens (tertiary/aromatic N) is 1. The molecule has 138 valence electrons. The summed E-state index contributed by atoms with van der Waals surface area (Å²) in [6.45, 7) is 6.54. The van der Waals surface area contributed by atoms with Gasteiger partial charge < -0.3 is 10.2 Å². The number of likely N-dealkylation sites (N-methyl/N-ethyl adjacent to an activating group) is 1. The lowest BCUT2D eigenvalue weighted by Gasteiger charge is -2.29. The summed E-state index contributed by atoms with van der Waals surface area (Å²) in [5.74, 6) is -0.287. The molecular formula is C21H25ClN2O2. The zero-order valence-corrected chi connectivity index (χ0v) is 16.2. The molecule has 4 nitrogen and oxygen atoms in total. The number of hydrogen-bond donors (Lipinski definition) is 1. The van der Waals surface area contributed by atoms with Gasteiger partial charge in [0.2, 0.25) is 11.8 Å². The molecule has 26 heavy (non-hydrogen) atoms. The van der Waals surface area contributed by atoms with Crippen molar-refractivity contribution in [2.24, 2.45) is 0 Å². The molecule has 5 heteroatoms. The van der Waals surface area contributed by atoms with Crippen molar-refractivity contribution in [2.75, 3.05) is 6.54 Å². The zero-order chi connectivity index (χ0) is 19.1. The number of carbonyl (C=O) groups excluding carboxylic acids is 2. The van der Waals surface area contributed by atoms with E-state index in [1.807, 2.05) is 56.3 Å². The molecule has 2 amide bonds. The maximum absolute atomic E-state index is 13.0. The van der Waals surface area contributed by atoms with Crippen LogP contribution in [-0.2, 0) is 22.6 Å². The minimum absolute atomic E-state index is 0.127. The van der Waals surface area contributed by atoms with Crippen LogP contribution in [0.1, 0.15) is 30.5 Å². The summed E-state index contributed by atoms with van der Waals surface area (Å²) in [6, 6.07) is 14.7. The van der Waals surface area contributed by atoms with Gasteiger partial charge in [-0.15, -0.1) is 0 Å². The maximum atomic E-state index is 13.0. The van der Waals surface area contributed by atoms with Gasteiger partial charge in [0.15, 0.2) is 0 Å². The predicted octanol–water partition coefficient (Wildman–Crippen LogP) is 3.74. The fraction of sp³-hybridized carbons (Fsp3) is 0.333. The number of benzene rings is 2. The van der Waals surface area contributed by atoms with Crippen LogP contribution >= 0.6 is 11.6 Å². The molecular weight excluding hydrogens is 348 g/mol. The highest BCUT2D eigenvalue weighted by molar-refractivity contribution is 6.31. The van der Waals surface area contributed by atoms with Crippen LogP contribution in [0.5, 0.6) is 0 Å². The zero-order valence-electron chi connectivity index (χ0n) is 15.5. The van der Waals surface area contributed by atoms with E-state index >= 15 is 0 Å². The van der Waals surface area contributed by atoms with E-state index < -0.39 is 6.04 Å². The van der Waals surface area contributed by atoms with Crippen molar-refractivity contribution in [3.63, 3.8) is 0 Å². The van der Waals surface area contributed by atoms with Crippen molar-refractivity contribution in [3.05, 3.63) is 70.2 Å². The van der Waals surface area contributed by atoms with Crippen molar-refractivity contribution in [2.45, 2.75) is 39.8 Å². The van der Waals surface area contributed by atoms with Crippen LogP contribution in [0.3, 0.4) is 0 Å². The normalized spacial score (nSPS) is 11.7. The molecule has 0 radical (unpaired) electrons. The van der Waals surface area contributed by atoms with Crippen molar-refractivity contribution in [1.82, 2.24) is 10.2 Å². The highest BCUT2D eigenvalue weighted by atomic mass is 35.5. The predicted molar refractivity (Wildman–Crippen MR) is 105 cm³/mol. The first-order valence-electron chi connectivity index (χ1n) is 8.78. The molecule has 0 aromatic heterocycles. The van der Waals surface area contributed by atoms with Crippen LogP contribution in [0.15, 0.2) is 48.5 Å². The lowest BCUT2D eigenvalue weighted by Crippen LogP contribution is -2.48. The molecule has 0 spiro atoms. The van der Waals surface area contributed by atoms with E-state index in [1.165, 1.54) is 0 Å². The Morgan fingerprint density at radius 2 is 1.77 bits per heavy atom. The quantitative estimate of drug-likeness (QED) is 0.804. The van der Waals surface area contributed by atoms with Gasteiger partial charge in [0, 0.05) is 18.1 Å². The molecule has 0 saturated carbocycles. The summed E-state index contributed by atoms with van der Waals surface area (Å²) in [4.78, 5) is 26.9. The molecule has 2 aromatic rings. The summed E-state index contributed by atoms with van der Waals surface area (Å²) in [5.41, 5.74) is 2.90. The lowest BCUT2D eigenvalue weighted by molar-refractivity contribution is -0.140. The van der Waals surface area contributed by atoms with Gasteiger partial charge >= 0.3 is 0 Å². The summed E-state index contributed by atoms with van der Waals surface area (Å²) in [6.07, 6.45) is 0.162. The standard InChI is InChI=1S/C21H25ClN2O2/c1-4-23-21(26)16(3)24(14-17-11-9-15(2)10-12-17)20(25)13-18-7-5-6-8-19(18)22/h5-12,16H,4,13-14H2,1-3H3,(H,23,26)/t16-/m1/s1. The number of rotatable bonds is 7. The molecule has 0 fully saturated rings. The number of amides is 2. The second-order valence-electron chi connectivity index (χ2n) is 6.35. The molecule has 1 N–H and O–H groups in total. The van der Waals surface area contributed by atoms with E-state index in [1.54, 1.807) is 17.9 Å². The van der Waals surface area contributed by atoms with Gasteiger partial charge in [-0.3, -0.25) is 9.59 Å². The Kier molecular flexibility index (Phi) is 7.22. The summed E-state index contributed by atoms with van der Waals surface area (Å²) < 4.78 is 0. The number of halogens is 1. The largest absolute Gasteiger partial charge is 0.355 e. The van der Waals surface area contributed by atoms with Gasteiger partial charge in [0.1, 0.15) is 6.04 Å². The van der Waals surface area contributed by atoms with E-state index in [4.69, 9.17) is 11.6 Å². The van der Waals surface area contributed by atoms with Crippen molar-refractivity contribution in [1.29, 1.82) is 0 Å². The molecule has 0 bridgehead atoms. The van der Waals surface area contributed by atoms with Gasteiger partial charge in [0.05, 0.1) is 6.42 Å². The highest BCUT2D eigenvalue weighted by Gasteiger charge is 2.26. The minimum atomic E-state index is -0.564. The summed E-state index contributed by atoms with van der Waals surface area (Å²) in [5, 5.41) is 3.35. The maximum Gasteiger partial charge on any atom is 0.242 e. The molecule has 2 rings (SSSR count). The topological polar surface area (TPSA) is 49.4 Å². The average Bonchev–Trinajstić information content (AvgIpc) is 2.62. The summed E-state index contributed by atoms with van der Waals surface area (Å²) in [7, 11) is 0. The van der Waals surface area contributed by atoms with Crippen LogP contribution in [0.2, 0.25) is 5.02 Å². The SMILES string of the molecule is CCNC(=O)[C@@H](C)N(Cc1ccc(C)cc1)C(=O)Cc1ccccc1Cl. The Morgan fingerprint density at radius 3 is 2.38 bits per heavy atom. The number of aryl methyl sites for hydroxylation is 1. The molecule has 0 unspecified atom stereocenters. The average molecular weight is 373 g/mol. The summed E-state index contributed by atoms with van der Waals surface area (Å²) >= 11 is 6.19. The van der Waals surface area contributed by atoms with Crippen LogP contribution in [0.25, 0.3) is 0 Å². The van der Waals surface area contributed by atoms with Crippen molar-refractivity contribution < 1.29 is 9.59 Å². The second-order valence-corrected chi connectivity index (χ2v) is 6.75. The van der Waals surface area contributed by atoms with E-state index in [-0.39, 0.29) is 18.2 Å². The highest BCUT2D eigenvalue weighted by Crippen LogP contribution is 2.18. The Bertz CT molecular complexity index is 759. The van der Waals surface area contributed by atoms with Crippen LogP contribution in [0, 0.1) is 6.92 Å². The Balaban J connectivity index is 2.23. The van der Waals surface area contributed by atoms with Crippen LogP contribution in [-0.4, -0.2) is 29.3 Å². The van der Waals surface area contributed by atoms with Crippen molar-refractivity contribution in [3.8, 4) is 0 Å². The molecule has 0 aliphatic carbocycles. The molecule has 1 atom stereocenters. The van der Waals surface area contributed by atoms with E-state index in [2.05, 4.69) is 5.32 Å². The van der Waals surface area contributed by atoms with Crippen molar-refractivity contribution >= 4 is 23.4 Å². The third-order valence-electron chi connectivity index (χ3n) is 4.29. The Hall–Kier alpha value is -2.33. The van der Waals surface area contributed by atoms with Crippen LogP contribution in [0.4, 0.5) is 0 Å². The van der Waals surface area contributed by atoms with E-state index in [9.17, 15) is 9.59 Å². The number of hydrogen-bond acceptors (Lipinski definition) is 2. The van der Waals surface area contributed by atoms with Crippen LogP contribution < -0.4 is 5.32 Å². The van der Waals surface area contributed by atoms with E-state index in [0.29, 0.717) is 18.1 Å². The molecule has 0 saturated heterocycles. The van der Waals surface area contributed by atoms with Gasteiger partial charge in [-0.25, -0.2) is 0 Å². The lowest BCUT2D eigenvalue weighted by atomic mass is 10.1. The number of nitrogens with one attached hydrogen (secondary N) is 1. The smallest absolute Gasteiger partial charge is 0.242 e. The molecule has 0 heterocycles. The molecule has 2 aromatic carbocycles.